The summed E-state index contributed by atoms with van der Waals surface area (Å²) in [6, 6.07) is 2.37. The van der Waals surface area contributed by atoms with E-state index in [9.17, 15) is 17.2 Å². The predicted octanol–water partition coefficient (Wildman–Crippen LogP) is 1.37. The van der Waals surface area contributed by atoms with Crippen molar-refractivity contribution in [2.24, 2.45) is 11.7 Å². The fourth-order valence-corrected chi connectivity index (χ4v) is 3.60. The lowest BCUT2D eigenvalue weighted by atomic mass is 9.98. The van der Waals surface area contributed by atoms with Crippen molar-refractivity contribution in [1.29, 1.82) is 0 Å². The highest BCUT2D eigenvalue weighted by molar-refractivity contribution is 7.89. The third kappa shape index (κ3) is 2.93. The Morgan fingerprint density at radius 1 is 1.42 bits per heavy atom. The number of nitrogens with two attached hydrogens (primary N) is 1. The Morgan fingerprint density at radius 2 is 2.05 bits per heavy atom. The highest BCUT2D eigenvalue weighted by Gasteiger charge is 2.43. The fourth-order valence-electron chi connectivity index (χ4n) is 2.07. The van der Waals surface area contributed by atoms with Crippen LogP contribution in [0.3, 0.4) is 0 Å². The molecule has 1 aromatic rings. The third-order valence-electron chi connectivity index (χ3n) is 3.45. The van der Waals surface area contributed by atoms with Crippen molar-refractivity contribution in [1.82, 2.24) is 4.72 Å². The maximum Gasteiger partial charge on any atom is 0.244 e. The zero-order valence-corrected chi connectivity index (χ0v) is 11.3. The van der Waals surface area contributed by atoms with Gasteiger partial charge < -0.3 is 5.73 Å². The summed E-state index contributed by atoms with van der Waals surface area (Å²) in [5.74, 6) is -1.77. The van der Waals surface area contributed by atoms with Crippen molar-refractivity contribution >= 4 is 10.0 Å². The molecule has 3 N–H and O–H groups in total. The summed E-state index contributed by atoms with van der Waals surface area (Å²) in [7, 11) is -4.05. The van der Waals surface area contributed by atoms with E-state index in [0.717, 1.165) is 25.0 Å². The van der Waals surface area contributed by atoms with Crippen LogP contribution < -0.4 is 10.5 Å². The van der Waals surface area contributed by atoms with Gasteiger partial charge in [0.2, 0.25) is 10.0 Å². The summed E-state index contributed by atoms with van der Waals surface area (Å²) in [5, 5.41) is 0. The number of hydrogen-bond donors (Lipinski definition) is 2. The van der Waals surface area contributed by atoms with Crippen LogP contribution in [0.25, 0.3) is 0 Å². The van der Waals surface area contributed by atoms with Crippen molar-refractivity contribution < 1.29 is 17.2 Å². The lowest BCUT2D eigenvalue weighted by Gasteiger charge is -2.29. The maximum absolute atomic E-state index is 13.6. The number of hydrogen-bond acceptors (Lipinski definition) is 3. The van der Waals surface area contributed by atoms with Crippen LogP contribution in [0.1, 0.15) is 19.8 Å². The van der Waals surface area contributed by atoms with Crippen molar-refractivity contribution in [2.45, 2.75) is 30.2 Å². The molecule has 2 rings (SSSR count). The standard InChI is InChI=1S/C12H16F2N2O2S/c1-12(7-15,8-2-3-8)16-19(17,18)11-5-4-9(13)6-10(11)14/h4-6,8,16H,2-3,7,15H2,1H3. The molecule has 4 nitrogen and oxygen atoms in total. The van der Waals surface area contributed by atoms with Gasteiger partial charge in [-0.1, -0.05) is 0 Å². The van der Waals surface area contributed by atoms with E-state index in [2.05, 4.69) is 4.72 Å². The van der Waals surface area contributed by atoms with E-state index in [-0.39, 0.29) is 12.5 Å². The van der Waals surface area contributed by atoms with Crippen molar-refractivity contribution in [3.05, 3.63) is 29.8 Å². The van der Waals surface area contributed by atoms with Gasteiger partial charge in [-0.05, 0) is 37.8 Å². The van der Waals surface area contributed by atoms with Crippen molar-refractivity contribution in [3.63, 3.8) is 0 Å². The first-order valence-corrected chi connectivity index (χ1v) is 7.46. The Balaban J connectivity index is 2.32. The minimum Gasteiger partial charge on any atom is -0.329 e. The summed E-state index contributed by atoms with van der Waals surface area (Å²) in [6.07, 6.45) is 1.78. The van der Waals surface area contributed by atoms with Crippen LogP contribution in [0.4, 0.5) is 8.78 Å². The summed E-state index contributed by atoms with van der Waals surface area (Å²) in [5.41, 5.74) is 4.82. The molecule has 0 radical (unpaired) electrons. The van der Waals surface area contributed by atoms with Crippen LogP contribution in [0.5, 0.6) is 0 Å². The van der Waals surface area contributed by atoms with Gasteiger partial charge in [-0.3, -0.25) is 0 Å². The Bertz CT molecular complexity index is 587. The van der Waals surface area contributed by atoms with Gasteiger partial charge >= 0.3 is 0 Å². The van der Waals surface area contributed by atoms with E-state index in [4.69, 9.17) is 5.73 Å². The molecule has 1 saturated carbocycles. The lowest BCUT2D eigenvalue weighted by Crippen LogP contribution is -2.53. The second-order valence-corrected chi connectivity index (χ2v) is 6.73. The van der Waals surface area contributed by atoms with Crippen LogP contribution in [-0.4, -0.2) is 20.5 Å². The number of nitrogens with one attached hydrogen (secondary N) is 1. The molecular weight excluding hydrogens is 274 g/mol. The maximum atomic E-state index is 13.6. The molecule has 0 aromatic heterocycles. The van der Waals surface area contributed by atoms with Crippen LogP contribution in [-0.2, 0) is 10.0 Å². The second kappa shape index (κ2) is 4.81. The molecule has 0 aliphatic heterocycles. The molecule has 1 fully saturated rings. The average Bonchev–Trinajstić information content (AvgIpc) is 3.11. The Labute approximate surface area is 111 Å². The summed E-state index contributed by atoms with van der Waals surface area (Å²) < 4.78 is 53.1. The van der Waals surface area contributed by atoms with Crippen LogP contribution in [0.2, 0.25) is 0 Å². The zero-order chi connectivity index (χ0) is 14.3. The molecule has 7 heteroatoms. The van der Waals surface area contributed by atoms with Gasteiger partial charge in [0, 0.05) is 18.2 Å². The molecule has 106 valence electrons. The normalized spacial score (nSPS) is 19.2. The molecule has 0 bridgehead atoms. The minimum absolute atomic E-state index is 0.125. The highest BCUT2D eigenvalue weighted by Crippen LogP contribution is 2.39. The molecule has 0 spiro atoms. The van der Waals surface area contributed by atoms with Crippen LogP contribution >= 0.6 is 0 Å². The molecule has 1 aliphatic carbocycles. The quantitative estimate of drug-likeness (QED) is 0.860. The number of benzene rings is 1. The molecule has 1 aromatic carbocycles. The molecule has 19 heavy (non-hydrogen) atoms. The van der Waals surface area contributed by atoms with E-state index in [1.54, 1.807) is 6.92 Å². The average molecular weight is 290 g/mol. The molecule has 1 atom stereocenters. The number of rotatable bonds is 5. The van der Waals surface area contributed by atoms with Crippen LogP contribution in [0.15, 0.2) is 23.1 Å². The Kier molecular flexibility index (Phi) is 3.63. The predicted molar refractivity (Wildman–Crippen MR) is 66.9 cm³/mol. The third-order valence-corrected chi connectivity index (χ3v) is 5.10. The molecule has 0 amide bonds. The largest absolute Gasteiger partial charge is 0.329 e. The van der Waals surface area contributed by atoms with Crippen molar-refractivity contribution in [3.8, 4) is 0 Å². The first kappa shape index (κ1) is 14.4. The Morgan fingerprint density at radius 3 is 2.53 bits per heavy atom. The fraction of sp³-hybridized carbons (Fsp3) is 0.500. The molecule has 1 unspecified atom stereocenters. The van der Waals surface area contributed by atoms with Crippen LogP contribution in [0, 0.1) is 17.6 Å². The SMILES string of the molecule is CC(CN)(NS(=O)(=O)c1ccc(F)cc1F)C1CC1. The zero-order valence-electron chi connectivity index (χ0n) is 10.5. The molecule has 0 saturated heterocycles. The van der Waals surface area contributed by atoms with E-state index < -0.39 is 32.1 Å². The van der Waals surface area contributed by atoms with Gasteiger partial charge in [0.15, 0.2) is 0 Å². The second-order valence-electron chi connectivity index (χ2n) is 5.08. The minimum atomic E-state index is -4.05. The van der Waals surface area contributed by atoms with Gasteiger partial charge in [-0.2, -0.15) is 0 Å². The highest BCUT2D eigenvalue weighted by atomic mass is 32.2. The first-order chi connectivity index (χ1) is 8.78. The van der Waals surface area contributed by atoms with E-state index in [1.807, 2.05) is 0 Å². The topological polar surface area (TPSA) is 72.2 Å². The molecule has 0 heterocycles. The van der Waals surface area contributed by atoms with Gasteiger partial charge in [-0.15, -0.1) is 0 Å². The van der Waals surface area contributed by atoms with Gasteiger partial charge in [0.25, 0.3) is 0 Å². The number of sulfonamides is 1. The summed E-state index contributed by atoms with van der Waals surface area (Å²) in [6.45, 7) is 1.82. The van der Waals surface area contributed by atoms with Gasteiger partial charge in [0.05, 0.1) is 0 Å². The summed E-state index contributed by atoms with van der Waals surface area (Å²) in [4.78, 5) is -0.561. The van der Waals surface area contributed by atoms with Crippen molar-refractivity contribution in [2.75, 3.05) is 6.54 Å². The van der Waals surface area contributed by atoms with E-state index >= 15 is 0 Å². The Hall–Kier alpha value is -1.05. The van der Waals surface area contributed by atoms with Gasteiger partial charge in [-0.25, -0.2) is 21.9 Å². The number of halogens is 2. The van der Waals surface area contributed by atoms with E-state index in [1.165, 1.54) is 0 Å². The lowest BCUT2D eigenvalue weighted by molar-refractivity contribution is 0.373. The van der Waals surface area contributed by atoms with E-state index in [0.29, 0.717) is 6.07 Å². The molecule has 1 aliphatic rings. The molecular formula is C12H16F2N2O2S. The monoisotopic (exact) mass is 290 g/mol. The first-order valence-electron chi connectivity index (χ1n) is 5.97. The summed E-state index contributed by atoms with van der Waals surface area (Å²) >= 11 is 0. The smallest absolute Gasteiger partial charge is 0.244 e. The van der Waals surface area contributed by atoms with Gasteiger partial charge in [0.1, 0.15) is 16.5 Å².